The third-order valence-corrected chi connectivity index (χ3v) is 3.50. The Labute approximate surface area is 118 Å². The fraction of sp³-hybridized carbons (Fsp3) is 0.500. The molecule has 0 saturated carbocycles. The predicted octanol–water partition coefficient (Wildman–Crippen LogP) is 1.41. The van der Waals surface area contributed by atoms with Gasteiger partial charge in [0.15, 0.2) is 0 Å². The Hall–Kier alpha value is -1.10. The van der Waals surface area contributed by atoms with Gasteiger partial charge in [-0.3, -0.25) is 9.69 Å². The number of benzene rings is 1. The summed E-state index contributed by atoms with van der Waals surface area (Å²) in [7, 11) is 0. The molecule has 0 radical (unpaired) electrons. The van der Waals surface area contributed by atoms with Crippen LogP contribution in [0, 0.1) is 0 Å². The molecule has 1 aromatic rings. The summed E-state index contributed by atoms with van der Waals surface area (Å²) >= 11 is 5.80. The summed E-state index contributed by atoms with van der Waals surface area (Å²) < 4.78 is 0. The number of carbonyl (C=O) groups is 1. The minimum atomic E-state index is -0.294. The molecule has 1 saturated heterocycles. The van der Waals surface area contributed by atoms with Crippen molar-refractivity contribution >= 4 is 17.5 Å². The van der Waals surface area contributed by atoms with E-state index < -0.39 is 0 Å². The molecule has 1 unspecified atom stereocenters. The van der Waals surface area contributed by atoms with Crippen molar-refractivity contribution < 1.29 is 9.90 Å². The number of likely N-dealkylation sites (tertiary alicyclic amines) is 1. The van der Waals surface area contributed by atoms with E-state index in [9.17, 15) is 9.90 Å². The van der Waals surface area contributed by atoms with Gasteiger partial charge in [0.1, 0.15) is 0 Å². The second-order valence-corrected chi connectivity index (χ2v) is 5.37. The average molecular weight is 283 g/mol. The Morgan fingerprint density at radius 3 is 2.84 bits per heavy atom. The summed E-state index contributed by atoms with van der Waals surface area (Å²) in [6.45, 7) is 2.33. The highest BCUT2D eigenvalue weighted by Gasteiger charge is 2.19. The Balaban J connectivity index is 1.73. The fourth-order valence-electron chi connectivity index (χ4n) is 2.24. The molecule has 4 nitrogen and oxygen atoms in total. The molecule has 2 rings (SSSR count). The van der Waals surface area contributed by atoms with Gasteiger partial charge in [0.25, 0.3) is 0 Å². The second kappa shape index (κ2) is 6.89. The first kappa shape index (κ1) is 14.3. The molecule has 0 bridgehead atoms. The van der Waals surface area contributed by atoms with Crippen LogP contribution in [0.3, 0.4) is 0 Å². The van der Waals surface area contributed by atoms with Gasteiger partial charge in [0.2, 0.25) is 5.91 Å². The number of halogens is 1. The van der Waals surface area contributed by atoms with E-state index in [-0.39, 0.29) is 12.0 Å². The molecule has 1 amide bonds. The second-order valence-electron chi connectivity index (χ2n) is 4.93. The largest absolute Gasteiger partial charge is 0.392 e. The van der Waals surface area contributed by atoms with E-state index in [0.29, 0.717) is 24.7 Å². The quantitative estimate of drug-likeness (QED) is 0.878. The maximum absolute atomic E-state index is 11.8. The van der Waals surface area contributed by atoms with Crippen molar-refractivity contribution in [1.29, 1.82) is 0 Å². The molecule has 1 heterocycles. The molecule has 104 valence electrons. The van der Waals surface area contributed by atoms with Crippen molar-refractivity contribution in [1.82, 2.24) is 10.2 Å². The van der Waals surface area contributed by atoms with Crippen LogP contribution in [0.2, 0.25) is 5.02 Å². The van der Waals surface area contributed by atoms with Gasteiger partial charge in [0, 0.05) is 18.1 Å². The highest BCUT2D eigenvalue weighted by atomic mass is 35.5. The Kier molecular flexibility index (Phi) is 5.19. The van der Waals surface area contributed by atoms with Gasteiger partial charge in [-0.15, -0.1) is 0 Å². The van der Waals surface area contributed by atoms with Gasteiger partial charge in [-0.1, -0.05) is 23.7 Å². The molecule has 1 fully saturated rings. The zero-order chi connectivity index (χ0) is 13.7. The van der Waals surface area contributed by atoms with Crippen LogP contribution in [0.25, 0.3) is 0 Å². The minimum absolute atomic E-state index is 0.0101. The number of hydrogen-bond donors (Lipinski definition) is 2. The fourth-order valence-corrected chi connectivity index (χ4v) is 2.36. The highest BCUT2D eigenvalue weighted by Crippen LogP contribution is 2.10. The van der Waals surface area contributed by atoms with E-state index in [1.807, 2.05) is 29.2 Å². The monoisotopic (exact) mass is 282 g/mol. The van der Waals surface area contributed by atoms with Gasteiger partial charge in [-0.05, 0) is 37.1 Å². The number of piperidine rings is 1. The Morgan fingerprint density at radius 2 is 2.16 bits per heavy atom. The third kappa shape index (κ3) is 4.82. The standard InChI is InChI=1S/C14H19ClN2O2/c15-12-5-3-11(4-6-12)8-16-14(19)10-17-7-1-2-13(18)9-17/h3-6,13,18H,1-2,7-10H2,(H,16,19). The Bertz CT molecular complexity index is 422. The van der Waals surface area contributed by atoms with Crippen molar-refractivity contribution in [3.63, 3.8) is 0 Å². The van der Waals surface area contributed by atoms with Crippen LogP contribution in [0.15, 0.2) is 24.3 Å². The third-order valence-electron chi connectivity index (χ3n) is 3.25. The van der Waals surface area contributed by atoms with Gasteiger partial charge < -0.3 is 10.4 Å². The summed E-state index contributed by atoms with van der Waals surface area (Å²) in [5, 5.41) is 13.1. The lowest BCUT2D eigenvalue weighted by Crippen LogP contribution is -2.44. The summed E-state index contributed by atoms with van der Waals surface area (Å²) in [6, 6.07) is 7.41. The lowest BCUT2D eigenvalue weighted by molar-refractivity contribution is -0.123. The van der Waals surface area contributed by atoms with Crippen LogP contribution in [0.1, 0.15) is 18.4 Å². The Morgan fingerprint density at radius 1 is 1.42 bits per heavy atom. The van der Waals surface area contributed by atoms with Crippen molar-refractivity contribution in [2.24, 2.45) is 0 Å². The lowest BCUT2D eigenvalue weighted by Gasteiger charge is -2.29. The van der Waals surface area contributed by atoms with E-state index in [1.54, 1.807) is 0 Å². The normalized spacial score (nSPS) is 20.2. The highest BCUT2D eigenvalue weighted by molar-refractivity contribution is 6.30. The first-order chi connectivity index (χ1) is 9.13. The molecule has 1 aromatic carbocycles. The van der Waals surface area contributed by atoms with Gasteiger partial charge >= 0.3 is 0 Å². The summed E-state index contributed by atoms with van der Waals surface area (Å²) in [5.74, 6) is -0.0101. The number of carbonyl (C=O) groups excluding carboxylic acids is 1. The first-order valence-corrected chi connectivity index (χ1v) is 6.93. The molecule has 0 aliphatic carbocycles. The molecule has 19 heavy (non-hydrogen) atoms. The van der Waals surface area contributed by atoms with Crippen LogP contribution < -0.4 is 5.32 Å². The SMILES string of the molecule is O=C(CN1CCCC(O)C1)NCc1ccc(Cl)cc1. The number of nitrogens with one attached hydrogen (secondary N) is 1. The maximum Gasteiger partial charge on any atom is 0.234 e. The average Bonchev–Trinajstić information content (AvgIpc) is 2.38. The van der Waals surface area contributed by atoms with Crippen LogP contribution in [-0.2, 0) is 11.3 Å². The van der Waals surface area contributed by atoms with Crippen LogP contribution >= 0.6 is 11.6 Å². The summed E-state index contributed by atoms with van der Waals surface area (Å²) in [4.78, 5) is 13.8. The van der Waals surface area contributed by atoms with Gasteiger partial charge in [-0.2, -0.15) is 0 Å². The number of β-amino-alcohol motifs (C(OH)–C–C–N with tert-alkyl or cyclic N) is 1. The molecule has 0 aromatic heterocycles. The van der Waals surface area contributed by atoms with Crippen molar-refractivity contribution in [3.05, 3.63) is 34.9 Å². The maximum atomic E-state index is 11.8. The summed E-state index contributed by atoms with van der Waals surface area (Å²) in [5.41, 5.74) is 1.02. The van der Waals surface area contributed by atoms with Crippen molar-refractivity contribution in [2.45, 2.75) is 25.5 Å². The van der Waals surface area contributed by atoms with Crippen LogP contribution in [0.5, 0.6) is 0 Å². The van der Waals surface area contributed by atoms with Crippen LogP contribution in [0.4, 0.5) is 0 Å². The smallest absolute Gasteiger partial charge is 0.234 e. The number of rotatable bonds is 4. The number of aliphatic hydroxyl groups is 1. The van der Waals surface area contributed by atoms with Gasteiger partial charge in [0.05, 0.1) is 12.6 Å². The van der Waals surface area contributed by atoms with E-state index in [4.69, 9.17) is 11.6 Å². The number of hydrogen-bond acceptors (Lipinski definition) is 3. The van der Waals surface area contributed by atoms with E-state index in [0.717, 1.165) is 24.9 Å². The molecule has 1 aliphatic heterocycles. The zero-order valence-corrected chi connectivity index (χ0v) is 11.6. The number of amides is 1. The molecular weight excluding hydrogens is 264 g/mol. The van der Waals surface area contributed by atoms with Crippen molar-refractivity contribution in [2.75, 3.05) is 19.6 Å². The molecule has 2 N–H and O–H groups in total. The minimum Gasteiger partial charge on any atom is -0.392 e. The lowest BCUT2D eigenvalue weighted by atomic mass is 10.1. The predicted molar refractivity (Wildman–Crippen MR) is 75.0 cm³/mol. The topological polar surface area (TPSA) is 52.6 Å². The first-order valence-electron chi connectivity index (χ1n) is 6.55. The molecule has 0 spiro atoms. The van der Waals surface area contributed by atoms with Crippen LogP contribution in [-0.4, -0.2) is 41.7 Å². The van der Waals surface area contributed by atoms with E-state index in [1.165, 1.54) is 0 Å². The number of nitrogens with zero attached hydrogens (tertiary/aromatic N) is 1. The number of aliphatic hydroxyl groups excluding tert-OH is 1. The summed E-state index contributed by atoms with van der Waals surface area (Å²) in [6.07, 6.45) is 1.49. The van der Waals surface area contributed by atoms with E-state index >= 15 is 0 Å². The molecule has 1 aliphatic rings. The van der Waals surface area contributed by atoms with Gasteiger partial charge in [-0.25, -0.2) is 0 Å². The van der Waals surface area contributed by atoms with E-state index in [2.05, 4.69) is 5.32 Å². The molecule has 5 heteroatoms. The zero-order valence-electron chi connectivity index (χ0n) is 10.8. The molecular formula is C14H19ClN2O2. The molecule has 1 atom stereocenters. The van der Waals surface area contributed by atoms with Crippen molar-refractivity contribution in [3.8, 4) is 0 Å².